The Kier molecular flexibility index (Phi) is 4.93. The van der Waals surface area contributed by atoms with Crippen LogP contribution in [0.5, 0.6) is 0 Å². The molecule has 5 heteroatoms. The van der Waals surface area contributed by atoms with E-state index in [1.807, 2.05) is 6.92 Å². The molecule has 0 radical (unpaired) electrons. The molecule has 19 heavy (non-hydrogen) atoms. The van der Waals surface area contributed by atoms with Gasteiger partial charge in [0.05, 0.1) is 12.5 Å². The Hall–Kier alpha value is -0.940. The molecule has 2 saturated heterocycles. The lowest BCUT2D eigenvalue weighted by molar-refractivity contribution is -0.138. The van der Waals surface area contributed by atoms with Crippen molar-refractivity contribution < 1.29 is 9.59 Å². The average molecular weight is 267 g/mol. The lowest BCUT2D eigenvalue weighted by Crippen LogP contribution is -2.47. The van der Waals surface area contributed by atoms with Crippen molar-refractivity contribution >= 4 is 11.8 Å². The third-order valence-corrected chi connectivity index (χ3v) is 4.23. The van der Waals surface area contributed by atoms with Gasteiger partial charge in [0.2, 0.25) is 11.8 Å². The van der Waals surface area contributed by atoms with Crippen molar-refractivity contribution in [1.82, 2.24) is 15.1 Å². The molecule has 2 aliphatic rings. The van der Waals surface area contributed by atoms with E-state index in [-0.39, 0.29) is 17.9 Å². The molecule has 2 atom stereocenters. The molecule has 108 valence electrons. The number of rotatable bonds is 5. The summed E-state index contributed by atoms with van der Waals surface area (Å²) in [6.07, 6.45) is 4.20. The van der Waals surface area contributed by atoms with Gasteiger partial charge in [-0.05, 0) is 39.8 Å². The second-order valence-corrected chi connectivity index (χ2v) is 5.59. The van der Waals surface area contributed by atoms with E-state index in [0.717, 1.165) is 19.6 Å². The van der Waals surface area contributed by atoms with Crippen LogP contribution in [0, 0.1) is 0 Å². The summed E-state index contributed by atoms with van der Waals surface area (Å²) < 4.78 is 0. The molecule has 2 heterocycles. The Morgan fingerprint density at radius 3 is 2.53 bits per heavy atom. The molecule has 1 N–H and O–H groups in total. The van der Waals surface area contributed by atoms with Gasteiger partial charge in [-0.3, -0.25) is 19.4 Å². The third kappa shape index (κ3) is 3.34. The molecular weight excluding hydrogens is 242 g/mol. The van der Waals surface area contributed by atoms with E-state index < -0.39 is 0 Å². The fraction of sp³-hybridized carbons (Fsp3) is 0.857. The summed E-state index contributed by atoms with van der Waals surface area (Å²) >= 11 is 0. The highest BCUT2D eigenvalue weighted by Crippen LogP contribution is 2.14. The molecule has 2 unspecified atom stereocenters. The molecule has 0 aliphatic carbocycles. The predicted molar refractivity (Wildman–Crippen MR) is 73.7 cm³/mol. The summed E-state index contributed by atoms with van der Waals surface area (Å²) in [4.78, 5) is 27.4. The van der Waals surface area contributed by atoms with Gasteiger partial charge in [0, 0.05) is 19.1 Å². The van der Waals surface area contributed by atoms with Gasteiger partial charge >= 0.3 is 0 Å². The van der Waals surface area contributed by atoms with Crippen LogP contribution in [-0.4, -0.2) is 59.9 Å². The van der Waals surface area contributed by atoms with Gasteiger partial charge in [-0.15, -0.1) is 0 Å². The maximum atomic E-state index is 12.0. The first kappa shape index (κ1) is 14.5. The second-order valence-electron chi connectivity index (χ2n) is 5.59. The van der Waals surface area contributed by atoms with Crippen LogP contribution in [0.4, 0.5) is 0 Å². The fourth-order valence-electron chi connectivity index (χ4n) is 2.98. The first-order valence-electron chi connectivity index (χ1n) is 7.45. The zero-order chi connectivity index (χ0) is 13.8. The number of imide groups is 1. The summed E-state index contributed by atoms with van der Waals surface area (Å²) in [6, 6.07) is 0.124. The minimum Gasteiger partial charge on any atom is -0.304 e. The number of likely N-dealkylation sites (N-methyl/N-ethyl adjacent to an activating group) is 1. The van der Waals surface area contributed by atoms with E-state index in [1.54, 1.807) is 0 Å². The quantitative estimate of drug-likeness (QED) is 0.741. The second kappa shape index (κ2) is 6.48. The third-order valence-electron chi connectivity index (χ3n) is 4.23. The van der Waals surface area contributed by atoms with Gasteiger partial charge in [0.15, 0.2) is 0 Å². The van der Waals surface area contributed by atoms with E-state index in [1.165, 1.54) is 24.2 Å². The first-order valence-corrected chi connectivity index (χ1v) is 7.45. The van der Waals surface area contributed by atoms with Crippen LogP contribution in [0.3, 0.4) is 0 Å². The molecule has 0 aromatic carbocycles. The fourth-order valence-corrected chi connectivity index (χ4v) is 2.98. The Labute approximate surface area is 115 Å². The molecule has 2 fully saturated rings. The van der Waals surface area contributed by atoms with Crippen LogP contribution in [0.1, 0.15) is 39.5 Å². The lowest BCUT2D eigenvalue weighted by Gasteiger charge is -2.32. The van der Waals surface area contributed by atoms with Gasteiger partial charge in [-0.25, -0.2) is 0 Å². The van der Waals surface area contributed by atoms with Crippen molar-refractivity contribution in [2.24, 2.45) is 0 Å². The zero-order valence-electron chi connectivity index (χ0n) is 12.0. The summed E-state index contributed by atoms with van der Waals surface area (Å²) in [7, 11) is 0. The largest absolute Gasteiger partial charge is 0.304 e. The number of amides is 2. The van der Waals surface area contributed by atoms with E-state index >= 15 is 0 Å². The van der Waals surface area contributed by atoms with E-state index in [0.29, 0.717) is 19.0 Å². The Morgan fingerprint density at radius 1 is 1.26 bits per heavy atom. The summed E-state index contributed by atoms with van der Waals surface area (Å²) in [5, 5.41) is 3.27. The van der Waals surface area contributed by atoms with Crippen molar-refractivity contribution in [3.05, 3.63) is 0 Å². The van der Waals surface area contributed by atoms with Gasteiger partial charge in [-0.2, -0.15) is 0 Å². The van der Waals surface area contributed by atoms with Crippen LogP contribution in [0.25, 0.3) is 0 Å². The van der Waals surface area contributed by atoms with Crippen molar-refractivity contribution in [3.63, 3.8) is 0 Å². The highest BCUT2D eigenvalue weighted by molar-refractivity contribution is 6.05. The molecule has 0 saturated carbocycles. The van der Waals surface area contributed by atoms with Crippen LogP contribution >= 0.6 is 0 Å². The molecule has 2 amide bonds. The molecule has 0 spiro atoms. The summed E-state index contributed by atoms with van der Waals surface area (Å²) in [5.41, 5.74) is 0. The molecule has 2 aliphatic heterocycles. The number of carbonyl (C=O) groups excluding carboxylic acids is 2. The lowest BCUT2D eigenvalue weighted by atomic mass is 10.1. The molecular formula is C14H25N3O2. The smallest absolute Gasteiger partial charge is 0.246 e. The molecule has 0 aromatic heterocycles. The Morgan fingerprint density at radius 2 is 1.95 bits per heavy atom. The normalized spacial score (nSPS) is 27.1. The van der Waals surface area contributed by atoms with E-state index in [9.17, 15) is 9.59 Å². The molecule has 5 nitrogen and oxygen atoms in total. The van der Waals surface area contributed by atoms with Crippen LogP contribution in [0.2, 0.25) is 0 Å². The Balaban J connectivity index is 1.79. The van der Waals surface area contributed by atoms with Gasteiger partial charge in [0.25, 0.3) is 0 Å². The number of carbonyl (C=O) groups is 2. The number of hydrogen-bond acceptors (Lipinski definition) is 4. The standard InChI is InChI=1S/C14H25N3O2/c1-3-17-13(18)9-12(14(17)19)15-10-11(2)16-7-5-4-6-8-16/h11-12,15H,3-10H2,1-2H3. The molecule has 0 bridgehead atoms. The van der Waals surface area contributed by atoms with Crippen molar-refractivity contribution in [1.29, 1.82) is 0 Å². The number of likely N-dealkylation sites (tertiary alicyclic amines) is 2. The van der Waals surface area contributed by atoms with Crippen LogP contribution in [-0.2, 0) is 9.59 Å². The van der Waals surface area contributed by atoms with E-state index in [2.05, 4.69) is 17.1 Å². The van der Waals surface area contributed by atoms with Gasteiger partial charge in [0.1, 0.15) is 0 Å². The SMILES string of the molecule is CCN1C(=O)CC(NCC(C)N2CCCCC2)C1=O. The number of hydrogen-bond donors (Lipinski definition) is 1. The van der Waals surface area contributed by atoms with Crippen LogP contribution in [0.15, 0.2) is 0 Å². The predicted octanol–water partition coefficient (Wildman–Crippen LogP) is 0.598. The van der Waals surface area contributed by atoms with Crippen molar-refractivity contribution in [3.8, 4) is 0 Å². The number of piperidine rings is 1. The van der Waals surface area contributed by atoms with E-state index in [4.69, 9.17) is 0 Å². The highest BCUT2D eigenvalue weighted by Gasteiger charge is 2.37. The van der Waals surface area contributed by atoms with Gasteiger partial charge < -0.3 is 5.32 Å². The maximum absolute atomic E-state index is 12.0. The van der Waals surface area contributed by atoms with Crippen molar-refractivity contribution in [2.75, 3.05) is 26.2 Å². The van der Waals surface area contributed by atoms with Crippen LogP contribution < -0.4 is 5.32 Å². The average Bonchev–Trinajstić information content (AvgIpc) is 2.71. The highest BCUT2D eigenvalue weighted by atomic mass is 16.2. The topological polar surface area (TPSA) is 52.7 Å². The minimum atomic E-state index is -0.306. The number of nitrogens with one attached hydrogen (secondary N) is 1. The zero-order valence-corrected chi connectivity index (χ0v) is 12.0. The summed E-state index contributed by atoms with van der Waals surface area (Å²) in [5.74, 6) is -0.103. The minimum absolute atomic E-state index is 0.0457. The first-order chi connectivity index (χ1) is 9.13. The molecule has 2 rings (SSSR count). The van der Waals surface area contributed by atoms with Gasteiger partial charge in [-0.1, -0.05) is 6.42 Å². The maximum Gasteiger partial charge on any atom is 0.246 e. The monoisotopic (exact) mass is 267 g/mol. The number of nitrogens with zero attached hydrogens (tertiary/aromatic N) is 2. The van der Waals surface area contributed by atoms with Crippen molar-refractivity contribution in [2.45, 2.75) is 51.6 Å². The summed E-state index contributed by atoms with van der Waals surface area (Å²) in [6.45, 7) is 7.60. The molecule has 0 aromatic rings. The Bertz CT molecular complexity index is 340.